The van der Waals surface area contributed by atoms with Crippen LogP contribution in [0.5, 0.6) is 0 Å². The first-order chi connectivity index (χ1) is 7.19. The van der Waals surface area contributed by atoms with E-state index in [1.54, 1.807) is 0 Å². The summed E-state index contributed by atoms with van der Waals surface area (Å²) in [6, 6.07) is 0. The Kier molecular flexibility index (Phi) is 2.52. The number of allylic oxidation sites excluding steroid dienone is 4. The quantitative estimate of drug-likeness (QED) is 0.470. The number of fused-ring (bicyclic) bond motifs is 1. The monoisotopic (exact) mass is 200 g/mol. The molecule has 0 aromatic carbocycles. The molecule has 0 heterocycles. The molecule has 1 heteroatoms. The minimum atomic E-state index is 0.151. The number of hydrogen-bond donors (Lipinski definition) is 0. The van der Waals surface area contributed by atoms with Crippen LogP contribution in [0.4, 0.5) is 0 Å². The number of hydrogen-bond acceptors (Lipinski definition) is 1. The lowest BCUT2D eigenvalue weighted by atomic mass is 9.60. The molecule has 78 valence electrons. The molecule has 2 aliphatic carbocycles. The molecule has 0 spiro atoms. The van der Waals surface area contributed by atoms with Gasteiger partial charge in [0.25, 0.3) is 0 Å². The van der Waals surface area contributed by atoms with E-state index in [9.17, 15) is 4.79 Å². The highest BCUT2D eigenvalue weighted by atomic mass is 16.1. The predicted octanol–water partition coefficient (Wildman–Crippen LogP) is 2.74. The molecule has 0 unspecified atom stereocenters. The van der Waals surface area contributed by atoms with Crippen molar-refractivity contribution in [2.24, 2.45) is 17.3 Å². The van der Waals surface area contributed by atoms with E-state index in [0.717, 1.165) is 31.1 Å². The summed E-state index contributed by atoms with van der Waals surface area (Å²) in [5.74, 6) is 3.51. The molecule has 0 radical (unpaired) electrons. The molecule has 0 saturated heterocycles. The van der Waals surface area contributed by atoms with Crippen molar-refractivity contribution in [1.82, 2.24) is 0 Å². The minimum absolute atomic E-state index is 0.151. The Labute approximate surface area is 91.3 Å². The van der Waals surface area contributed by atoms with E-state index >= 15 is 0 Å². The Hall–Kier alpha value is -1.29. The van der Waals surface area contributed by atoms with Gasteiger partial charge in [0.2, 0.25) is 0 Å². The van der Waals surface area contributed by atoms with E-state index < -0.39 is 0 Å². The summed E-state index contributed by atoms with van der Waals surface area (Å²) < 4.78 is 0. The van der Waals surface area contributed by atoms with Gasteiger partial charge in [0, 0.05) is 5.92 Å². The predicted molar refractivity (Wildman–Crippen MR) is 61.1 cm³/mol. The second kappa shape index (κ2) is 3.70. The zero-order valence-electron chi connectivity index (χ0n) is 9.07. The van der Waals surface area contributed by atoms with Crippen molar-refractivity contribution in [2.45, 2.75) is 26.2 Å². The van der Waals surface area contributed by atoms with Gasteiger partial charge in [0.05, 0.1) is 0 Å². The third-order valence-corrected chi connectivity index (χ3v) is 3.89. The summed E-state index contributed by atoms with van der Waals surface area (Å²) in [6.07, 6.45) is 15.8. The standard InChI is InChI=1S/C14H16O/c1-3-11-6-8-14(2)7-4-5-12(10-15)13(14)9-11/h1,4-5,7,10-11,13H,6,8-9H2,2H3/t11-,13-,14-/m1/s1. The van der Waals surface area contributed by atoms with Crippen LogP contribution in [-0.4, -0.2) is 6.29 Å². The highest BCUT2D eigenvalue weighted by molar-refractivity contribution is 5.75. The molecule has 1 fully saturated rings. The van der Waals surface area contributed by atoms with Crippen molar-refractivity contribution < 1.29 is 4.79 Å². The fourth-order valence-corrected chi connectivity index (χ4v) is 2.82. The number of aldehydes is 1. The summed E-state index contributed by atoms with van der Waals surface area (Å²) in [5.41, 5.74) is 1.07. The van der Waals surface area contributed by atoms with Crippen LogP contribution in [0.15, 0.2) is 23.8 Å². The van der Waals surface area contributed by atoms with E-state index in [0.29, 0.717) is 11.8 Å². The van der Waals surface area contributed by atoms with Gasteiger partial charge in [0.1, 0.15) is 6.29 Å². The van der Waals surface area contributed by atoms with E-state index in [1.165, 1.54) is 0 Å². The lowest BCUT2D eigenvalue weighted by Crippen LogP contribution is -2.35. The first-order valence-corrected chi connectivity index (χ1v) is 5.50. The van der Waals surface area contributed by atoms with Crippen molar-refractivity contribution in [2.75, 3.05) is 0 Å². The number of carbonyl (C=O) groups is 1. The zero-order chi connectivity index (χ0) is 10.9. The molecule has 0 N–H and O–H groups in total. The van der Waals surface area contributed by atoms with Crippen LogP contribution in [0.3, 0.4) is 0 Å². The van der Waals surface area contributed by atoms with Crippen LogP contribution in [0.25, 0.3) is 0 Å². The van der Waals surface area contributed by atoms with Gasteiger partial charge >= 0.3 is 0 Å². The van der Waals surface area contributed by atoms with Gasteiger partial charge in [-0.05, 0) is 36.2 Å². The number of carbonyl (C=O) groups excluding carboxylic acids is 1. The van der Waals surface area contributed by atoms with E-state index in [-0.39, 0.29) is 5.41 Å². The molecule has 2 rings (SSSR count). The molecule has 15 heavy (non-hydrogen) atoms. The molecule has 2 aliphatic rings. The number of rotatable bonds is 1. The summed E-state index contributed by atoms with van der Waals surface area (Å²) in [6.45, 7) is 2.23. The Bertz CT molecular complexity index is 369. The first-order valence-electron chi connectivity index (χ1n) is 5.50. The van der Waals surface area contributed by atoms with E-state index in [2.05, 4.69) is 18.9 Å². The Morgan fingerprint density at radius 3 is 3.13 bits per heavy atom. The van der Waals surface area contributed by atoms with Crippen LogP contribution in [-0.2, 0) is 4.79 Å². The second-order valence-corrected chi connectivity index (χ2v) is 4.84. The molecular formula is C14H16O. The van der Waals surface area contributed by atoms with Crippen LogP contribution in [0, 0.1) is 29.6 Å². The first kappa shape index (κ1) is 10.2. The zero-order valence-corrected chi connectivity index (χ0v) is 9.07. The van der Waals surface area contributed by atoms with Crippen molar-refractivity contribution >= 4 is 6.29 Å². The van der Waals surface area contributed by atoms with Gasteiger partial charge in [-0.3, -0.25) is 4.79 Å². The summed E-state index contributed by atoms with van der Waals surface area (Å²) in [7, 11) is 0. The second-order valence-electron chi connectivity index (χ2n) is 4.84. The van der Waals surface area contributed by atoms with Crippen molar-refractivity contribution in [3.05, 3.63) is 23.8 Å². The molecule has 0 aromatic heterocycles. The van der Waals surface area contributed by atoms with Crippen LogP contribution < -0.4 is 0 Å². The van der Waals surface area contributed by atoms with Crippen molar-refractivity contribution in [3.63, 3.8) is 0 Å². The maximum atomic E-state index is 11.0. The maximum Gasteiger partial charge on any atom is 0.146 e. The van der Waals surface area contributed by atoms with E-state index in [4.69, 9.17) is 6.42 Å². The highest BCUT2D eigenvalue weighted by Crippen LogP contribution is 2.48. The molecule has 0 amide bonds. The Morgan fingerprint density at radius 1 is 1.67 bits per heavy atom. The lowest BCUT2D eigenvalue weighted by Gasteiger charge is -2.43. The maximum absolute atomic E-state index is 11.0. The SMILES string of the molecule is C#C[C@@H]1CC[C@@]2(C)C=CC=C(C=O)[C@H]2C1. The molecule has 0 aliphatic heterocycles. The van der Waals surface area contributed by atoms with Gasteiger partial charge in [-0.2, -0.15) is 0 Å². The Morgan fingerprint density at radius 2 is 2.47 bits per heavy atom. The van der Waals surface area contributed by atoms with Gasteiger partial charge in [0.15, 0.2) is 0 Å². The van der Waals surface area contributed by atoms with Gasteiger partial charge in [-0.25, -0.2) is 0 Å². The van der Waals surface area contributed by atoms with Crippen LogP contribution in [0.1, 0.15) is 26.2 Å². The van der Waals surface area contributed by atoms with Crippen LogP contribution >= 0.6 is 0 Å². The molecule has 0 bridgehead atoms. The highest BCUT2D eigenvalue weighted by Gasteiger charge is 2.40. The molecule has 1 saturated carbocycles. The summed E-state index contributed by atoms with van der Waals surface area (Å²) in [5, 5.41) is 0. The molecular weight excluding hydrogens is 184 g/mol. The third kappa shape index (κ3) is 1.65. The summed E-state index contributed by atoms with van der Waals surface area (Å²) >= 11 is 0. The smallest absolute Gasteiger partial charge is 0.146 e. The normalized spacial score (nSPS) is 38.8. The fraction of sp³-hybridized carbons (Fsp3) is 0.500. The molecule has 3 atom stereocenters. The number of terminal acetylenes is 1. The average molecular weight is 200 g/mol. The van der Waals surface area contributed by atoms with Gasteiger partial charge < -0.3 is 0 Å². The van der Waals surface area contributed by atoms with Gasteiger partial charge in [-0.15, -0.1) is 12.3 Å². The lowest BCUT2D eigenvalue weighted by molar-refractivity contribution is -0.105. The minimum Gasteiger partial charge on any atom is -0.298 e. The molecule has 0 aromatic rings. The van der Waals surface area contributed by atoms with E-state index in [1.807, 2.05) is 12.2 Å². The molecule has 1 nitrogen and oxygen atoms in total. The van der Waals surface area contributed by atoms with Crippen molar-refractivity contribution in [1.29, 1.82) is 0 Å². The van der Waals surface area contributed by atoms with Crippen molar-refractivity contribution in [3.8, 4) is 12.3 Å². The largest absolute Gasteiger partial charge is 0.298 e. The fourth-order valence-electron chi connectivity index (χ4n) is 2.82. The van der Waals surface area contributed by atoms with Crippen LogP contribution in [0.2, 0.25) is 0 Å². The van der Waals surface area contributed by atoms with Gasteiger partial charge in [-0.1, -0.05) is 25.2 Å². The summed E-state index contributed by atoms with van der Waals surface area (Å²) in [4.78, 5) is 11.0. The average Bonchev–Trinajstić information content (AvgIpc) is 2.27. The Balaban J connectivity index is 2.29. The third-order valence-electron chi connectivity index (χ3n) is 3.89. The topological polar surface area (TPSA) is 17.1 Å².